The molecule has 1 aromatic rings. The average molecular weight is 400 g/mol. The van der Waals surface area contributed by atoms with Crippen LogP contribution in [0.4, 0.5) is 4.39 Å². The molecule has 1 aliphatic carbocycles. The minimum atomic E-state index is -0.559. The highest BCUT2D eigenvalue weighted by Gasteiger charge is 2.40. The fourth-order valence-corrected chi connectivity index (χ4v) is 4.04. The van der Waals surface area contributed by atoms with Crippen LogP contribution in [0.15, 0.2) is 24.3 Å². The van der Waals surface area contributed by atoms with Gasteiger partial charge in [0.1, 0.15) is 11.9 Å². The average Bonchev–Trinajstić information content (AvgIpc) is 3.30. The van der Waals surface area contributed by atoms with Crippen LogP contribution in [0.1, 0.15) is 51.5 Å². The molecule has 0 unspecified atom stereocenters. The molecule has 0 radical (unpaired) electrons. The summed E-state index contributed by atoms with van der Waals surface area (Å²) in [7, 11) is 0. The molecule has 7 heteroatoms. The first-order valence-electron chi connectivity index (χ1n) is 10.2. The van der Waals surface area contributed by atoms with Gasteiger partial charge in [0.15, 0.2) is 0 Å². The standard InChI is InChI=1S/C22H29FN4O2/c1-14-7-17(11-24)27(13-14)21(29)12-25-22(2,3)10-20(28)26-19-9-18(19)15-5-4-6-16(23)8-15/h4-6,8,14,17-19,25H,7,9-10,12-13H2,1-3H3,(H,26,28)/t14-,17-,18+,19-/m0/s1. The van der Waals surface area contributed by atoms with Crippen molar-refractivity contribution in [2.45, 2.75) is 63.6 Å². The molecule has 156 valence electrons. The van der Waals surface area contributed by atoms with Gasteiger partial charge in [-0.1, -0.05) is 19.1 Å². The van der Waals surface area contributed by atoms with Crippen LogP contribution in [-0.4, -0.2) is 47.4 Å². The smallest absolute Gasteiger partial charge is 0.237 e. The third kappa shape index (κ3) is 5.54. The number of amides is 2. The molecule has 1 aromatic carbocycles. The van der Waals surface area contributed by atoms with Crippen molar-refractivity contribution in [3.8, 4) is 6.07 Å². The van der Waals surface area contributed by atoms with Gasteiger partial charge in [0.25, 0.3) is 0 Å². The van der Waals surface area contributed by atoms with Crippen LogP contribution in [-0.2, 0) is 9.59 Å². The maximum atomic E-state index is 13.4. The van der Waals surface area contributed by atoms with Gasteiger partial charge in [-0.05, 0) is 50.3 Å². The molecule has 2 amide bonds. The number of hydrogen-bond donors (Lipinski definition) is 2. The number of carbonyl (C=O) groups excluding carboxylic acids is 2. The highest BCUT2D eigenvalue weighted by Crippen LogP contribution is 2.41. The van der Waals surface area contributed by atoms with Gasteiger partial charge in [0.2, 0.25) is 11.8 Å². The van der Waals surface area contributed by atoms with Crippen LogP contribution in [0.5, 0.6) is 0 Å². The molecule has 6 nitrogen and oxygen atoms in total. The summed E-state index contributed by atoms with van der Waals surface area (Å²) in [5, 5.41) is 15.4. The predicted octanol–water partition coefficient (Wildman–Crippen LogP) is 2.32. The Labute approximate surface area is 171 Å². The van der Waals surface area contributed by atoms with Crippen LogP contribution in [0.25, 0.3) is 0 Å². The molecular formula is C22H29FN4O2. The fraction of sp³-hybridized carbons (Fsp3) is 0.591. The molecule has 0 spiro atoms. The van der Waals surface area contributed by atoms with E-state index in [0.29, 0.717) is 18.9 Å². The first kappa shape index (κ1) is 21.3. The number of benzene rings is 1. The largest absolute Gasteiger partial charge is 0.353 e. The summed E-state index contributed by atoms with van der Waals surface area (Å²) in [4.78, 5) is 26.5. The lowest BCUT2D eigenvalue weighted by atomic mass is 10.00. The fourth-order valence-electron chi connectivity index (χ4n) is 4.04. The molecule has 3 rings (SSSR count). The van der Waals surface area contributed by atoms with E-state index in [2.05, 4.69) is 16.7 Å². The lowest BCUT2D eigenvalue weighted by molar-refractivity contribution is -0.131. The van der Waals surface area contributed by atoms with E-state index in [0.717, 1.165) is 12.0 Å². The van der Waals surface area contributed by atoms with Crippen LogP contribution < -0.4 is 10.6 Å². The summed E-state index contributed by atoms with van der Waals surface area (Å²) >= 11 is 0. The van der Waals surface area contributed by atoms with Crippen LogP contribution in [0, 0.1) is 23.1 Å². The van der Waals surface area contributed by atoms with Gasteiger partial charge in [-0.2, -0.15) is 5.26 Å². The highest BCUT2D eigenvalue weighted by molar-refractivity contribution is 5.80. The lowest BCUT2D eigenvalue weighted by Gasteiger charge is -2.28. The molecule has 29 heavy (non-hydrogen) atoms. The maximum Gasteiger partial charge on any atom is 0.237 e. The van der Waals surface area contributed by atoms with Crippen molar-refractivity contribution in [1.29, 1.82) is 5.26 Å². The Hall–Kier alpha value is -2.46. The van der Waals surface area contributed by atoms with Crippen molar-refractivity contribution < 1.29 is 14.0 Å². The minimum Gasteiger partial charge on any atom is -0.353 e. The van der Waals surface area contributed by atoms with Crippen molar-refractivity contribution in [2.24, 2.45) is 5.92 Å². The normalized spacial score (nSPS) is 26.1. The molecule has 1 aliphatic heterocycles. The summed E-state index contributed by atoms with van der Waals surface area (Å²) in [6.07, 6.45) is 1.75. The predicted molar refractivity (Wildman–Crippen MR) is 107 cm³/mol. The van der Waals surface area contributed by atoms with Gasteiger partial charge in [-0.15, -0.1) is 0 Å². The Bertz CT molecular complexity index is 819. The number of hydrogen-bond acceptors (Lipinski definition) is 4. The summed E-state index contributed by atoms with van der Waals surface area (Å²) in [6.45, 7) is 6.49. The van der Waals surface area contributed by atoms with Crippen LogP contribution in [0.3, 0.4) is 0 Å². The Morgan fingerprint density at radius 2 is 2.10 bits per heavy atom. The second-order valence-corrected chi connectivity index (χ2v) is 9.02. The summed E-state index contributed by atoms with van der Waals surface area (Å²) in [5.74, 6) is 0.0196. The third-order valence-electron chi connectivity index (χ3n) is 5.71. The molecule has 2 fully saturated rings. The molecule has 0 bridgehead atoms. The van der Waals surface area contributed by atoms with Gasteiger partial charge < -0.3 is 15.5 Å². The summed E-state index contributed by atoms with van der Waals surface area (Å²) in [5.41, 5.74) is 0.349. The Morgan fingerprint density at radius 3 is 2.79 bits per heavy atom. The van der Waals surface area contributed by atoms with Gasteiger partial charge in [-0.3, -0.25) is 9.59 Å². The number of carbonyl (C=O) groups is 2. The van der Waals surface area contributed by atoms with E-state index in [1.54, 1.807) is 11.0 Å². The van der Waals surface area contributed by atoms with Crippen molar-refractivity contribution in [1.82, 2.24) is 15.5 Å². The molecule has 0 aromatic heterocycles. The number of nitriles is 1. The van der Waals surface area contributed by atoms with E-state index in [9.17, 15) is 19.2 Å². The monoisotopic (exact) mass is 400 g/mol. The first-order valence-corrected chi connectivity index (χ1v) is 10.2. The van der Waals surface area contributed by atoms with E-state index in [1.165, 1.54) is 12.1 Å². The maximum absolute atomic E-state index is 13.4. The van der Waals surface area contributed by atoms with E-state index in [4.69, 9.17) is 0 Å². The zero-order valence-electron chi connectivity index (χ0n) is 17.2. The zero-order chi connectivity index (χ0) is 21.2. The third-order valence-corrected chi connectivity index (χ3v) is 5.71. The molecule has 4 atom stereocenters. The second-order valence-electron chi connectivity index (χ2n) is 9.02. The van der Waals surface area contributed by atoms with Crippen molar-refractivity contribution in [3.63, 3.8) is 0 Å². The summed E-state index contributed by atoms with van der Waals surface area (Å²) < 4.78 is 13.4. The Kier molecular flexibility index (Phi) is 6.23. The number of nitrogens with one attached hydrogen (secondary N) is 2. The molecule has 1 heterocycles. The highest BCUT2D eigenvalue weighted by atomic mass is 19.1. The van der Waals surface area contributed by atoms with E-state index < -0.39 is 5.54 Å². The molecule has 2 N–H and O–H groups in total. The van der Waals surface area contributed by atoms with Crippen molar-refractivity contribution in [3.05, 3.63) is 35.6 Å². The van der Waals surface area contributed by atoms with Gasteiger partial charge in [-0.25, -0.2) is 4.39 Å². The zero-order valence-corrected chi connectivity index (χ0v) is 17.2. The second kappa shape index (κ2) is 8.50. The minimum absolute atomic E-state index is 0.0317. The summed E-state index contributed by atoms with van der Waals surface area (Å²) in [6, 6.07) is 8.36. The molecule has 1 saturated heterocycles. The van der Waals surface area contributed by atoms with Crippen molar-refractivity contribution in [2.75, 3.05) is 13.1 Å². The number of halogens is 1. The lowest BCUT2D eigenvalue weighted by Crippen LogP contribution is -2.49. The Balaban J connectivity index is 1.44. The number of rotatable bonds is 7. The van der Waals surface area contributed by atoms with Crippen LogP contribution >= 0.6 is 0 Å². The quantitative estimate of drug-likeness (QED) is 0.736. The van der Waals surface area contributed by atoms with Gasteiger partial charge >= 0.3 is 0 Å². The van der Waals surface area contributed by atoms with Crippen molar-refractivity contribution >= 4 is 11.8 Å². The SMILES string of the molecule is C[C@H]1C[C@@H](C#N)N(C(=O)CNC(C)(C)CC(=O)N[C@H]2C[C@@H]2c2cccc(F)c2)C1. The van der Waals surface area contributed by atoms with Gasteiger partial charge in [0.05, 0.1) is 12.6 Å². The van der Waals surface area contributed by atoms with E-state index in [1.807, 2.05) is 26.8 Å². The molecule has 2 aliphatic rings. The number of likely N-dealkylation sites (tertiary alicyclic amines) is 1. The van der Waals surface area contributed by atoms with Gasteiger partial charge in [0, 0.05) is 30.5 Å². The van der Waals surface area contributed by atoms with E-state index in [-0.39, 0.29) is 48.6 Å². The van der Waals surface area contributed by atoms with Crippen LogP contribution in [0.2, 0.25) is 0 Å². The molecule has 1 saturated carbocycles. The Morgan fingerprint density at radius 1 is 1.34 bits per heavy atom. The van der Waals surface area contributed by atoms with E-state index >= 15 is 0 Å². The number of nitrogens with zero attached hydrogens (tertiary/aromatic N) is 2. The molecular weight excluding hydrogens is 371 g/mol. The first-order chi connectivity index (χ1) is 13.7. The topological polar surface area (TPSA) is 85.2 Å².